The second-order valence-corrected chi connectivity index (χ2v) is 7.34. The molecule has 0 fully saturated rings. The highest BCUT2D eigenvalue weighted by molar-refractivity contribution is 7.08. The lowest BCUT2D eigenvalue weighted by atomic mass is 10.0. The Hall–Kier alpha value is -2.04. The van der Waals surface area contributed by atoms with Crippen LogP contribution >= 0.6 is 22.9 Å². The Morgan fingerprint density at radius 2 is 2.12 bits per heavy atom. The number of hydrogen-bond donors (Lipinski definition) is 1. The maximum Gasteiger partial charge on any atom is 0.251 e. The Bertz CT molecular complexity index is 897. The summed E-state index contributed by atoms with van der Waals surface area (Å²) in [5.41, 5.74) is 11.6. The number of nitrogens with two attached hydrogens (primary N) is 1. The van der Waals surface area contributed by atoms with Crippen LogP contribution < -0.4 is 5.73 Å². The van der Waals surface area contributed by atoms with Gasteiger partial charge in [0.1, 0.15) is 0 Å². The van der Waals surface area contributed by atoms with Gasteiger partial charge in [0.25, 0.3) is 5.91 Å². The minimum Gasteiger partial charge on any atom is -0.366 e. The van der Waals surface area contributed by atoms with E-state index < -0.39 is 0 Å². The van der Waals surface area contributed by atoms with Crippen LogP contribution in [0, 0.1) is 6.92 Å². The molecule has 3 nitrogen and oxygen atoms in total. The summed E-state index contributed by atoms with van der Waals surface area (Å²) >= 11 is 7.76. The molecule has 0 atom stereocenters. The molecule has 1 aromatic carbocycles. The molecule has 0 saturated carbocycles. The van der Waals surface area contributed by atoms with Gasteiger partial charge in [-0.15, -0.1) is 0 Å². The summed E-state index contributed by atoms with van der Waals surface area (Å²) in [6.45, 7) is 4.79. The summed E-state index contributed by atoms with van der Waals surface area (Å²) < 4.78 is 2.21. The largest absolute Gasteiger partial charge is 0.366 e. The molecule has 2 aromatic heterocycles. The van der Waals surface area contributed by atoms with E-state index in [-0.39, 0.29) is 5.91 Å². The molecule has 0 bridgehead atoms. The average molecular weight is 373 g/mol. The van der Waals surface area contributed by atoms with Gasteiger partial charge in [0.2, 0.25) is 0 Å². The van der Waals surface area contributed by atoms with Gasteiger partial charge in [0.15, 0.2) is 0 Å². The molecule has 5 heteroatoms. The van der Waals surface area contributed by atoms with Crippen LogP contribution in [0.5, 0.6) is 0 Å². The van der Waals surface area contributed by atoms with Crippen molar-refractivity contribution in [3.8, 4) is 11.1 Å². The van der Waals surface area contributed by atoms with Crippen molar-refractivity contribution in [2.24, 2.45) is 5.73 Å². The zero-order chi connectivity index (χ0) is 18.0. The Morgan fingerprint density at radius 3 is 2.72 bits per heavy atom. The van der Waals surface area contributed by atoms with E-state index in [1.165, 1.54) is 0 Å². The second-order valence-electron chi connectivity index (χ2n) is 6.12. The third kappa shape index (κ3) is 3.51. The van der Waals surface area contributed by atoms with Crippen LogP contribution in [-0.2, 0) is 13.0 Å². The number of nitrogens with zero attached hydrogens (tertiary/aromatic N) is 1. The molecule has 0 unspecified atom stereocenters. The van der Waals surface area contributed by atoms with E-state index in [0.717, 1.165) is 40.9 Å². The molecule has 3 rings (SSSR count). The van der Waals surface area contributed by atoms with Crippen LogP contribution in [0.2, 0.25) is 5.02 Å². The minimum absolute atomic E-state index is 0.374. The molecule has 0 spiro atoms. The van der Waals surface area contributed by atoms with Gasteiger partial charge < -0.3 is 10.3 Å². The van der Waals surface area contributed by atoms with E-state index >= 15 is 0 Å². The fraction of sp³-hybridized carbons (Fsp3) is 0.250. The number of aromatic nitrogens is 1. The predicted octanol–water partition coefficient (Wildman–Crippen LogP) is 5.28. The van der Waals surface area contributed by atoms with Gasteiger partial charge in [0, 0.05) is 28.5 Å². The highest BCUT2D eigenvalue weighted by atomic mass is 35.5. The fourth-order valence-electron chi connectivity index (χ4n) is 3.35. The van der Waals surface area contributed by atoms with Crippen molar-refractivity contribution >= 4 is 28.8 Å². The molecule has 2 N–H and O–H groups in total. The first kappa shape index (κ1) is 17.8. The maximum absolute atomic E-state index is 12.2. The van der Waals surface area contributed by atoms with Crippen LogP contribution in [-0.4, -0.2) is 10.5 Å². The SMILES string of the molecule is CCCc1c(-c2ccsc2)c(C(N)=O)c(C)n1Cc1cccc(Cl)c1. The first-order valence-corrected chi connectivity index (χ1v) is 9.63. The van der Waals surface area contributed by atoms with E-state index in [9.17, 15) is 4.79 Å². The lowest BCUT2D eigenvalue weighted by Gasteiger charge is -2.13. The van der Waals surface area contributed by atoms with E-state index in [0.29, 0.717) is 17.1 Å². The van der Waals surface area contributed by atoms with Crippen molar-refractivity contribution in [2.75, 3.05) is 0 Å². The molecular formula is C20H21ClN2OS. The molecule has 0 aliphatic heterocycles. The first-order valence-electron chi connectivity index (χ1n) is 8.31. The first-order chi connectivity index (χ1) is 12.0. The lowest BCUT2D eigenvalue weighted by Crippen LogP contribution is -2.13. The van der Waals surface area contributed by atoms with Crippen molar-refractivity contribution in [1.82, 2.24) is 4.57 Å². The third-order valence-electron chi connectivity index (χ3n) is 4.40. The maximum atomic E-state index is 12.2. The monoisotopic (exact) mass is 372 g/mol. The van der Waals surface area contributed by atoms with Crippen molar-refractivity contribution in [3.63, 3.8) is 0 Å². The zero-order valence-corrected chi connectivity index (χ0v) is 16.0. The summed E-state index contributed by atoms with van der Waals surface area (Å²) in [5.74, 6) is -0.374. The summed E-state index contributed by atoms with van der Waals surface area (Å²) in [6, 6.07) is 9.88. The van der Waals surface area contributed by atoms with E-state index in [1.54, 1.807) is 11.3 Å². The number of halogens is 1. The molecule has 0 aliphatic rings. The molecule has 1 amide bonds. The molecule has 0 radical (unpaired) electrons. The van der Waals surface area contributed by atoms with E-state index in [4.69, 9.17) is 17.3 Å². The second kappa shape index (κ2) is 7.46. The van der Waals surface area contributed by atoms with Crippen LogP contribution in [0.15, 0.2) is 41.1 Å². The summed E-state index contributed by atoms with van der Waals surface area (Å²) in [6.07, 6.45) is 1.88. The van der Waals surface area contributed by atoms with Crippen LogP contribution in [0.3, 0.4) is 0 Å². The lowest BCUT2D eigenvalue weighted by molar-refractivity contribution is 0.1000. The Morgan fingerprint density at radius 1 is 1.32 bits per heavy atom. The van der Waals surface area contributed by atoms with Gasteiger partial charge >= 0.3 is 0 Å². The number of thiophene rings is 1. The minimum atomic E-state index is -0.374. The molecule has 0 saturated heterocycles. The van der Waals surface area contributed by atoms with Gasteiger partial charge in [-0.1, -0.05) is 37.1 Å². The standard InChI is InChI=1S/C20H21ClN2OS/c1-3-5-17-19(15-8-9-25-12-15)18(20(22)24)13(2)23(17)11-14-6-4-7-16(21)10-14/h4,6-10,12H,3,5,11H2,1-2H3,(H2,22,24). The van der Waals surface area contributed by atoms with Crippen LogP contribution in [0.4, 0.5) is 0 Å². The summed E-state index contributed by atoms with van der Waals surface area (Å²) in [4.78, 5) is 12.2. The molecular weight excluding hydrogens is 352 g/mol. The molecule has 0 aliphatic carbocycles. The zero-order valence-electron chi connectivity index (χ0n) is 14.4. The van der Waals surface area contributed by atoms with Gasteiger partial charge in [-0.3, -0.25) is 4.79 Å². The number of hydrogen-bond acceptors (Lipinski definition) is 2. The number of primary amides is 1. The Balaban J connectivity index is 2.20. The van der Waals surface area contributed by atoms with Crippen molar-refractivity contribution < 1.29 is 4.79 Å². The number of benzene rings is 1. The van der Waals surface area contributed by atoms with Gasteiger partial charge in [0.05, 0.1) is 5.56 Å². The normalized spacial score (nSPS) is 11.0. The van der Waals surface area contributed by atoms with Crippen LogP contribution in [0.1, 0.15) is 40.7 Å². The van der Waals surface area contributed by atoms with Crippen molar-refractivity contribution in [1.29, 1.82) is 0 Å². The topological polar surface area (TPSA) is 48.0 Å². The Labute approximate surface area is 157 Å². The quantitative estimate of drug-likeness (QED) is 0.628. The number of rotatable bonds is 6. The molecule has 25 heavy (non-hydrogen) atoms. The summed E-state index contributed by atoms with van der Waals surface area (Å²) in [5, 5.41) is 4.82. The highest BCUT2D eigenvalue weighted by Crippen LogP contribution is 2.35. The van der Waals surface area contributed by atoms with Gasteiger partial charge in [-0.2, -0.15) is 11.3 Å². The third-order valence-corrected chi connectivity index (χ3v) is 5.32. The average Bonchev–Trinajstić information content (AvgIpc) is 3.17. The Kier molecular flexibility index (Phi) is 5.30. The molecule has 2 heterocycles. The molecule has 130 valence electrons. The van der Waals surface area contributed by atoms with Gasteiger partial charge in [-0.25, -0.2) is 0 Å². The predicted molar refractivity (Wildman–Crippen MR) is 106 cm³/mol. The summed E-state index contributed by atoms with van der Waals surface area (Å²) in [7, 11) is 0. The fourth-order valence-corrected chi connectivity index (χ4v) is 4.21. The van der Waals surface area contributed by atoms with Crippen LogP contribution in [0.25, 0.3) is 11.1 Å². The van der Waals surface area contributed by atoms with E-state index in [2.05, 4.69) is 29.0 Å². The molecule has 3 aromatic rings. The highest BCUT2D eigenvalue weighted by Gasteiger charge is 2.24. The van der Waals surface area contributed by atoms with Gasteiger partial charge in [-0.05, 0) is 53.4 Å². The smallest absolute Gasteiger partial charge is 0.251 e. The number of carbonyl (C=O) groups is 1. The number of amides is 1. The van der Waals surface area contributed by atoms with Crippen molar-refractivity contribution in [3.05, 3.63) is 68.6 Å². The van der Waals surface area contributed by atoms with E-state index in [1.807, 2.05) is 30.5 Å². The number of carbonyl (C=O) groups excluding carboxylic acids is 1. The van der Waals surface area contributed by atoms with Crippen molar-refractivity contribution in [2.45, 2.75) is 33.2 Å².